The van der Waals surface area contributed by atoms with E-state index < -0.39 is 0 Å². The molecule has 5 heterocycles. The Morgan fingerprint density at radius 2 is 1.53 bits per heavy atom. The Bertz CT molecular complexity index is 2510. The average Bonchev–Trinajstić information content (AvgIpc) is 3.66. The summed E-state index contributed by atoms with van der Waals surface area (Å²) in [5.41, 5.74) is 8.08. The van der Waals surface area contributed by atoms with Crippen molar-refractivity contribution >= 4 is 66.5 Å². The second kappa shape index (κ2) is 10.7. The molecule has 0 saturated carbocycles. The van der Waals surface area contributed by atoms with Crippen molar-refractivity contribution in [2.45, 2.75) is 19.8 Å². The molecule has 0 spiro atoms. The summed E-state index contributed by atoms with van der Waals surface area (Å²) in [6.45, 7) is 4.20. The molecule has 0 amide bonds. The van der Waals surface area contributed by atoms with Crippen molar-refractivity contribution in [2.24, 2.45) is 0 Å². The first-order chi connectivity index (χ1) is 22.6. The molecule has 8 heteroatoms. The molecule has 0 unspecified atom stereocenters. The summed E-state index contributed by atoms with van der Waals surface area (Å²) >= 11 is 1.68. The van der Waals surface area contributed by atoms with Crippen molar-refractivity contribution in [3.8, 4) is 39.4 Å². The summed E-state index contributed by atoms with van der Waals surface area (Å²) in [4.78, 5) is 9.69. The van der Waals surface area contributed by atoms with Crippen molar-refractivity contribution in [1.82, 2.24) is 14.5 Å². The molecule has 0 N–H and O–H groups in total. The Kier molecular flexibility index (Phi) is 6.47. The standard InChI is InChI=1S/C39H24BN3O2S.Pt/c1-22(2)24-18-34-38-35(19-24)45-33-20-26-25-9-3-5-11-30(25)43(37-13-7-8-16-41-37)31(26)21-28(33)40(38)27-17-23(14-15-32(27)44-34)39-42-29-10-4-6-12-36(29)46-39;/h3-16,18-20,22H,1-2H3;/q-2;+2. The number of benzene rings is 5. The zero-order chi connectivity index (χ0) is 30.5. The predicted octanol–water partition coefficient (Wildman–Crippen LogP) is 7.90. The first-order valence-corrected chi connectivity index (χ1v) is 16.3. The van der Waals surface area contributed by atoms with Gasteiger partial charge in [-0.1, -0.05) is 61.1 Å². The van der Waals surface area contributed by atoms with Crippen LogP contribution in [0.5, 0.6) is 23.0 Å². The third-order valence-electron chi connectivity index (χ3n) is 9.15. The molecule has 0 bridgehead atoms. The van der Waals surface area contributed by atoms with E-state index in [1.165, 1.54) is 5.56 Å². The number of hydrogen-bond acceptors (Lipinski definition) is 5. The van der Waals surface area contributed by atoms with Gasteiger partial charge in [0.05, 0.1) is 5.52 Å². The van der Waals surface area contributed by atoms with Crippen LogP contribution >= 0.6 is 11.3 Å². The second-order valence-electron chi connectivity index (χ2n) is 12.2. The van der Waals surface area contributed by atoms with E-state index in [0.29, 0.717) is 5.92 Å². The molecule has 0 radical (unpaired) electrons. The normalized spacial score (nSPS) is 12.8. The van der Waals surface area contributed by atoms with Gasteiger partial charge in [0.2, 0.25) is 6.71 Å². The van der Waals surface area contributed by atoms with Gasteiger partial charge in [-0.2, -0.15) is 17.4 Å². The zero-order valence-corrected chi connectivity index (χ0v) is 28.4. The molecule has 0 saturated heterocycles. The summed E-state index contributed by atoms with van der Waals surface area (Å²) in [5, 5.41) is 3.14. The van der Waals surface area contributed by atoms with Crippen LogP contribution in [0.1, 0.15) is 25.3 Å². The Morgan fingerprint density at radius 3 is 2.34 bits per heavy atom. The Labute approximate surface area is 290 Å². The SMILES string of the molecule is CC(C)c1cc2c3c(c1)Oc1cc4c5ccccc5n(-c5ccccn5)c4[c-]c1B3c1[c-]c(-c3nc4ccccc4s3)ccc1O2.[Pt+2]. The maximum atomic E-state index is 6.80. The summed E-state index contributed by atoms with van der Waals surface area (Å²) in [6.07, 6.45) is 1.83. The fourth-order valence-electron chi connectivity index (χ4n) is 6.95. The van der Waals surface area contributed by atoms with Crippen LogP contribution < -0.4 is 25.9 Å². The fourth-order valence-corrected chi connectivity index (χ4v) is 7.89. The molecule has 0 fully saturated rings. The Balaban J connectivity index is 0.00000302. The Morgan fingerprint density at radius 1 is 0.766 bits per heavy atom. The first kappa shape index (κ1) is 28.5. The number of nitrogens with zero attached hydrogens (tertiary/aromatic N) is 3. The predicted molar refractivity (Wildman–Crippen MR) is 187 cm³/mol. The zero-order valence-electron chi connectivity index (χ0n) is 25.4. The molecule has 5 aromatic carbocycles. The van der Waals surface area contributed by atoms with Gasteiger partial charge < -0.3 is 14.0 Å². The molecule has 0 atom stereocenters. The van der Waals surface area contributed by atoms with Crippen molar-refractivity contribution in [3.05, 3.63) is 121 Å². The molecular formula is C39H24BN3O2PtS. The number of para-hydroxylation sites is 2. The summed E-state index contributed by atoms with van der Waals surface area (Å²) in [7, 11) is 0. The van der Waals surface area contributed by atoms with Gasteiger partial charge in [-0.05, 0) is 59.3 Å². The third-order valence-corrected chi connectivity index (χ3v) is 10.2. The van der Waals surface area contributed by atoms with Gasteiger partial charge in [-0.3, -0.25) is 4.98 Å². The van der Waals surface area contributed by atoms with Crippen LogP contribution in [-0.2, 0) is 21.1 Å². The number of ether oxygens (including phenoxy) is 2. The van der Waals surface area contributed by atoms with Gasteiger partial charge in [0, 0.05) is 38.4 Å². The van der Waals surface area contributed by atoms with E-state index >= 15 is 0 Å². The van der Waals surface area contributed by atoms with Crippen molar-refractivity contribution < 1.29 is 30.5 Å². The van der Waals surface area contributed by atoms with Crippen molar-refractivity contribution in [3.63, 3.8) is 0 Å². The minimum Gasteiger partial charge on any atom is -0.518 e. The molecule has 2 aliphatic heterocycles. The van der Waals surface area contributed by atoms with Crippen LogP contribution in [0, 0.1) is 12.1 Å². The minimum absolute atomic E-state index is 0. The van der Waals surface area contributed by atoms with Crippen LogP contribution in [0.3, 0.4) is 0 Å². The largest absolute Gasteiger partial charge is 2.00 e. The minimum atomic E-state index is -0.187. The molecule has 5 nitrogen and oxygen atoms in total. The van der Waals surface area contributed by atoms with Gasteiger partial charge in [-0.25, -0.2) is 4.98 Å². The van der Waals surface area contributed by atoms with E-state index in [2.05, 4.69) is 103 Å². The fraction of sp³-hybridized carbons (Fsp3) is 0.0769. The summed E-state index contributed by atoms with van der Waals surface area (Å²) < 4.78 is 16.8. The van der Waals surface area contributed by atoms with Crippen LogP contribution in [-0.4, -0.2) is 21.2 Å². The summed E-state index contributed by atoms with van der Waals surface area (Å²) in [5.74, 6) is 4.40. The number of aromatic nitrogens is 3. The van der Waals surface area contributed by atoms with Gasteiger partial charge in [-0.15, -0.1) is 40.8 Å². The molecule has 226 valence electrons. The molecular weight excluding hydrogens is 780 g/mol. The van der Waals surface area contributed by atoms with Gasteiger partial charge in [0.1, 0.15) is 17.3 Å². The molecule has 10 rings (SSSR count). The van der Waals surface area contributed by atoms with E-state index in [1.807, 2.05) is 30.5 Å². The van der Waals surface area contributed by atoms with Crippen LogP contribution in [0.2, 0.25) is 0 Å². The molecule has 8 aromatic rings. The topological polar surface area (TPSA) is 49.2 Å². The Hall–Kier alpha value is -4.71. The van der Waals surface area contributed by atoms with E-state index in [9.17, 15) is 0 Å². The molecule has 47 heavy (non-hydrogen) atoms. The number of hydrogen-bond donors (Lipinski definition) is 0. The van der Waals surface area contributed by atoms with Crippen LogP contribution in [0.15, 0.2) is 103 Å². The average molecular weight is 805 g/mol. The summed E-state index contributed by atoms with van der Waals surface area (Å²) in [6, 6.07) is 41.0. The van der Waals surface area contributed by atoms with Gasteiger partial charge in [0.15, 0.2) is 0 Å². The van der Waals surface area contributed by atoms with E-state index in [0.717, 1.165) is 87.8 Å². The molecule has 3 aromatic heterocycles. The van der Waals surface area contributed by atoms with Gasteiger partial charge in [0.25, 0.3) is 0 Å². The number of thiazole rings is 1. The quantitative estimate of drug-likeness (QED) is 0.135. The maximum absolute atomic E-state index is 6.80. The smallest absolute Gasteiger partial charge is 0.518 e. The van der Waals surface area contributed by atoms with Crippen molar-refractivity contribution in [1.29, 1.82) is 0 Å². The van der Waals surface area contributed by atoms with Crippen LogP contribution in [0.4, 0.5) is 0 Å². The number of fused-ring (bicyclic) bond motifs is 8. The molecule has 2 aliphatic rings. The maximum Gasteiger partial charge on any atom is 2.00 e. The molecule has 0 aliphatic carbocycles. The van der Waals surface area contributed by atoms with E-state index in [-0.39, 0.29) is 27.8 Å². The second-order valence-corrected chi connectivity index (χ2v) is 13.2. The monoisotopic (exact) mass is 804 g/mol. The van der Waals surface area contributed by atoms with E-state index in [1.54, 1.807) is 11.3 Å². The third kappa shape index (κ3) is 4.26. The first-order valence-electron chi connectivity index (χ1n) is 15.5. The van der Waals surface area contributed by atoms with Gasteiger partial charge >= 0.3 is 21.1 Å². The number of pyridine rings is 1. The van der Waals surface area contributed by atoms with E-state index in [4.69, 9.17) is 19.4 Å². The number of rotatable bonds is 3. The van der Waals surface area contributed by atoms with Crippen molar-refractivity contribution in [2.75, 3.05) is 0 Å². The van der Waals surface area contributed by atoms with Crippen LogP contribution in [0.25, 0.3) is 48.4 Å².